The van der Waals surface area contributed by atoms with Crippen LogP contribution in [0.25, 0.3) is 11.2 Å². The van der Waals surface area contributed by atoms with Crippen molar-refractivity contribution in [3.8, 4) is 0 Å². The molecule has 2 heterocycles. The summed E-state index contributed by atoms with van der Waals surface area (Å²) in [5.41, 5.74) is 6.47. The van der Waals surface area contributed by atoms with Gasteiger partial charge in [-0.2, -0.15) is 13.2 Å². The van der Waals surface area contributed by atoms with Crippen LogP contribution in [0.5, 0.6) is 0 Å². The average Bonchev–Trinajstić information content (AvgIpc) is 3.26. The molecule has 2 aromatic heterocycles. The molecule has 0 radical (unpaired) electrons. The van der Waals surface area contributed by atoms with Gasteiger partial charge in [0.25, 0.3) is 0 Å². The molecule has 29 heavy (non-hydrogen) atoms. The van der Waals surface area contributed by atoms with E-state index in [9.17, 15) is 18.0 Å². The van der Waals surface area contributed by atoms with Crippen LogP contribution in [-0.2, 0) is 14.3 Å². The van der Waals surface area contributed by atoms with Gasteiger partial charge in [-0.15, -0.1) is 5.10 Å². The van der Waals surface area contributed by atoms with E-state index < -0.39 is 18.6 Å². The number of carbonyl (C=O) groups excluding carboxylic acids is 1. The lowest BCUT2D eigenvalue weighted by molar-refractivity contribution is -0.149. The van der Waals surface area contributed by atoms with Crippen LogP contribution in [0.2, 0.25) is 0 Å². The van der Waals surface area contributed by atoms with Crippen LogP contribution < -0.4 is 5.73 Å². The molecule has 158 valence electrons. The minimum absolute atomic E-state index is 0.0489. The molecular formula is C16H19F3N6O3S. The molecule has 0 fully saturated rings. The number of halogens is 3. The molecular weight excluding hydrogens is 413 g/mol. The Morgan fingerprint density at radius 1 is 1.38 bits per heavy atom. The molecule has 2 aromatic rings. The Morgan fingerprint density at radius 2 is 2.17 bits per heavy atom. The first-order valence-corrected chi connectivity index (χ1v) is 9.79. The summed E-state index contributed by atoms with van der Waals surface area (Å²) in [6.45, 7) is 1.83. The number of esters is 1. The van der Waals surface area contributed by atoms with Crippen molar-refractivity contribution in [3.63, 3.8) is 0 Å². The lowest BCUT2D eigenvalue weighted by atomic mass is 10.2. The third-order valence-electron chi connectivity index (χ3n) is 4.00. The molecule has 3 rings (SSSR count). The molecule has 1 aliphatic carbocycles. The van der Waals surface area contributed by atoms with Gasteiger partial charge in [0.1, 0.15) is 6.61 Å². The second kappa shape index (κ2) is 8.95. The Kier molecular flexibility index (Phi) is 6.57. The van der Waals surface area contributed by atoms with E-state index in [1.54, 1.807) is 13.0 Å². The van der Waals surface area contributed by atoms with Crippen molar-refractivity contribution in [2.75, 3.05) is 24.7 Å². The first-order chi connectivity index (χ1) is 13.8. The van der Waals surface area contributed by atoms with E-state index in [2.05, 4.69) is 20.3 Å². The fourth-order valence-electron chi connectivity index (χ4n) is 2.71. The topological polar surface area (TPSA) is 118 Å². The monoisotopic (exact) mass is 432 g/mol. The van der Waals surface area contributed by atoms with Crippen molar-refractivity contribution in [2.24, 2.45) is 0 Å². The van der Waals surface area contributed by atoms with Crippen LogP contribution in [0, 0.1) is 0 Å². The lowest BCUT2D eigenvalue weighted by Crippen LogP contribution is -2.19. The smallest absolute Gasteiger partial charge is 0.389 e. The van der Waals surface area contributed by atoms with Crippen LogP contribution in [0.15, 0.2) is 17.3 Å². The van der Waals surface area contributed by atoms with E-state index in [0.717, 1.165) is 11.8 Å². The number of anilines is 1. The standard InChI is InChI=1S/C16H19F3N6O3S/c1-2-27-11(26)8-28-10-4-3-9(7-10)25-14-12(23-24-25)13(20)21-15(22-14)29-6-5-16(17,18)19/h3-4,9-10H,2,5-8H2,1H3,(H2,20,21,22). The number of ether oxygens (including phenoxy) is 2. The van der Waals surface area contributed by atoms with Crippen molar-refractivity contribution in [2.45, 2.75) is 43.2 Å². The lowest BCUT2D eigenvalue weighted by Gasteiger charge is -2.13. The third-order valence-corrected chi connectivity index (χ3v) is 4.85. The number of rotatable bonds is 8. The summed E-state index contributed by atoms with van der Waals surface area (Å²) in [7, 11) is 0. The van der Waals surface area contributed by atoms with Crippen molar-refractivity contribution >= 4 is 34.7 Å². The van der Waals surface area contributed by atoms with Gasteiger partial charge < -0.3 is 15.2 Å². The summed E-state index contributed by atoms with van der Waals surface area (Å²) >= 11 is 0.862. The number of nitrogen functional groups attached to an aromatic ring is 1. The van der Waals surface area contributed by atoms with Gasteiger partial charge in [-0.1, -0.05) is 29.1 Å². The van der Waals surface area contributed by atoms with Crippen LogP contribution in [0.4, 0.5) is 19.0 Å². The predicted octanol–water partition coefficient (Wildman–Crippen LogP) is 2.30. The van der Waals surface area contributed by atoms with Crippen LogP contribution in [0.3, 0.4) is 0 Å². The predicted molar refractivity (Wildman–Crippen MR) is 98.1 cm³/mol. The Bertz CT molecular complexity index is 904. The van der Waals surface area contributed by atoms with Gasteiger partial charge in [-0.3, -0.25) is 0 Å². The highest BCUT2D eigenvalue weighted by atomic mass is 32.2. The van der Waals surface area contributed by atoms with Gasteiger partial charge in [0.15, 0.2) is 22.1 Å². The molecule has 2 unspecified atom stereocenters. The number of hydrogen-bond donors (Lipinski definition) is 1. The van der Waals surface area contributed by atoms with Gasteiger partial charge in [0, 0.05) is 12.2 Å². The summed E-state index contributed by atoms with van der Waals surface area (Å²) in [6.07, 6.45) is -1.41. The summed E-state index contributed by atoms with van der Waals surface area (Å²) in [6, 6.07) is -0.255. The molecule has 9 nitrogen and oxygen atoms in total. The van der Waals surface area contributed by atoms with Gasteiger partial charge in [-0.25, -0.2) is 19.4 Å². The second-order valence-electron chi connectivity index (χ2n) is 6.15. The zero-order valence-corrected chi connectivity index (χ0v) is 16.2. The Balaban J connectivity index is 1.68. The van der Waals surface area contributed by atoms with Crippen molar-refractivity contribution < 1.29 is 27.4 Å². The van der Waals surface area contributed by atoms with Gasteiger partial charge in [-0.05, 0) is 6.92 Å². The molecule has 0 bridgehead atoms. The van der Waals surface area contributed by atoms with Gasteiger partial charge >= 0.3 is 12.1 Å². The number of thioether (sulfide) groups is 1. The van der Waals surface area contributed by atoms with Gasteiger partial charge in [0.2, 0.25) is 0 Å². The van der Waals surface area contributed by atoms with E-state index in [-0.39, 0.29) is 47.6 Å². The number of aromatic nitrogens is 5. The number of alkyl halides is 3. The zero-order chi connectivity index (χ0) is 21.0. The van der Waals surface area contributed by atoms with E-state index >= 15 is 0 Å². The van der Waals surface area contributed by atoms with E-state index in [4.69, 9.17) is 15.2 Å². The normalized spacial score (nSPS) is 19.2. The summed E-state index contributed by atoms with van der Waals surface area (Å²) < 4.78 is 48.9. The van der Waals surface area contributed by atoms with E-state index in [1.165, 1.54) is 4.68 Å². The minimum atomic E-state index is -4.25. The molecule has 0 aromatic carbocycles. The summed E-state index contributed by atoms with van der Waals surface area (Å²) in [5, 5.41) is 8.15. The number of fused-ring (bicyclic) bond motifs is 1. The van der Waals surface area contributed by atoms with Gasteiger partial charge in [0.05, 0.1) is 25.2 Å². The summed E-state index contributed by atoms with van der Waals surface area (Å²) in [4.78, 5) is 19.7. The van der Waals surface area contributed by atoms with Crippen LogP contribution in [0.1, 0.15) is 25.8 Å². The number of carbonyl (C=O) groups is 1. The highest BCUT2D eigenvalue weighted by molar-refractivity contribution is 7.99. The molecule has 0 aliphatic heterocycles. The molecule has 0 amide bonds. The second-order valence-corrected chi connectivity index (χ2v) is 7.22. The fourth-order valence-corrected chi connectivity index (χ4v) is 3.54. The zero-order valence-electron chi connectivity index (χ0n) is 15.4. The highest BCUT2D eigenvalue weighted by Crippen LogP contribution is 2.30. The molecule has 2 N–H and O–H groups in total. The molecule has 0 saturated heterocycles. The van der Waals surface area contributed by atoms with Crippen molar-refractivity contribution in [1.29, 1.82) is 0 Å². The van der Waals surface area contributed by atoms with Crippen LogP contribution >= 0.6 is 11.8 Å². The van der Waals surface area contributed by atoms with Crippen LogP contribution in [-0.4, -0.2) is 62.2 Å². The maximum atomic E-state index is 12.4. The molecule has 1 aliphatic rings. The summed E-state index contributed by atoms with van der Waals surface area (Å²) in [5.74, 6) is -0.618. The fraction of sp³-hybridized carbons (Fsp3) is 0.562. The molecule has 0 spiro atoms. The number of allylic oxidation sites excluding steroid dienone is 1. The highest BCUT2D eigenvalue weighted by Gasteiger charge is 2.28. The Morgan fingerprint density at radius 3 is 2.90 bits per heavy atom. The quantitative estimate of drug-likeness (QED) is 0.290. The minimum Gasteiger partial charge on any atom is -0.464 e. The Hall–Kier alpha value is -2.41. The maximum absolute atomic E-state index is 12.4. The van der Waals surface area contributed by atoms with E-state index in [1.807, 2.05) is 6.08 Å². The molecule has 2 atom stereocenters. The number of nitrogens with two attached hydrogens (primary N) is 1. The Labute approximate surface area is 167 Å². The number of hydrogen-bond acceptors (Lipinski definition) is 9. The molecule has 13 heteroatoms. The van der Waals surface area contributed by atoms with Crippen molar-refractivity contribution in [3.05, 3.63) is 12.2 Å². The maximum Gasteiger partial charge on any atom is 0.389 e. The SMILES string of the molecule is CCOC(=O)COC1C=CC(n2nnc3c(N)nc(SCCC(F)(F)F)nc32)C1. The largest absolute Gasteiger partial charge is 0.464 e. The van der Waals surface area contributed by atoms with E-state index in [0.29, 0.717) is 12.1 Å². The first kappa shape index (κ1) is 21.3. The average molecular weight is 432 g/mol. The molecule has 0 saturated carbocycles. The third kappa shape index (κ3) is 5.56. The first-order valence-electron chi connectivity index (χ1n) is 8.80. The van der Waals surface area contributed by atoms with Crippen molar-refractivity contribution in [1.82, 2.24) is 25.0 Å². The number of nitrogens with zero attached hydrogens (tertiary/aromatic N) is 5.